The third-order valence-electron chi connectivity index (χ3n) is 7.84. The SMILES string of the molecule is C=CC(=C)CC[C@]1(C)[C@H]2C[C@@H](OC(=O)C(C)CC)C=C(C=O)[C@@]2(C=O)[C@H](O)C[C@@H]1C. The van der Waals surface area contributed by atoms with Crippen molar-refractivity contribution in [3.8, 4) is 0 Å². The fourth-order valence-electron chi connectivity index (χ4n) is 5.26. The number of fused-ring (bicyclic) bond motifs is 1. The number of ether oxygens (including phenoxy) is 1. The van der Waals surface area contributed by atoms with Gasteiger partial charge in [0.05, 0.1) is 17.4 Å². The highest BCUT2D eigenvalue weighted by Crippen LogP contribution is 2.61. The summed E-state index contributed by atoms with van der Waals surface area (Å²) < 4.78 is 5.72. The van der Waals surface area contributed by atoms with Gasteiger partial charge in [-0.05, 0) is 55.4 Å². The molecule has 0 saturated heterocycles. The molecule has 0 spiro atoms. The van der Waals surface area contributed by atoms with Gasteiger partial charge in [-0.2, -0.15) is 0 Å². The van der Waals surface area contributed by atoms with Crippen LogP contribution in [-0.2, 0) is 19.1 Å². The van der Waals surface area contributed by atoms with E-state index in [1.807, 2.05) is 13.8 Å². The number of aliphatic hydroxyl groups excluding tert-OH is 1. The molecule has 5 heteroatoms. The van der Waals surface area contributed by atoms with Crippen molar-refractivity contribution in [1.82, 2.24) is 0 Å². The maximum Gasteiger partial charge on any atom is 0.309 e. The van der Waals surface area contributed by atoms with E-state index in [2.05, 4.69) is 27.0 Å². The first-order chi connectivity index (χ1) is 14.1. The van der Waals surface area contributed by atoms with Crippen LogP contribution in [0.1, 0.15) is 59.8 Å². The van der Waals surface area contributed by atoms with Crippen molar-refractivity contribution in [3.05, 3.63) is 36.5 Å². The predicted molar refractivity (Wildman–Crippen MR) is 117 cm³/mol. The number of allylic oxidation sites excluding steroid dienone is 2. The number of carbonyl (C=O) groups is 3. The molecule has 1 saturated carbocycles. The Hall–Kier alpha value is -2.01. The minimum atomic E-state index is -1.28. The molecule has 0 aromatic heterocycles. The summed E-state index contributed by atoms with van der Waals surface area (Å²) in [7, 11) is 0. The van der Waals surface area contributed by atoms with Gasteiger partial charge < -0.3 is 14.6 Å². The van der Waals surface area contributed by atoms with Crippen LogP contribution < -0.4 is 0 Å². The van der Waals surface area contributed by atoms with Gasteiger partial charge in [-0.3, -0.25) is 9.59 Å². The van der Waals surface area contributed by atoms with Crippen molar-refractivity contribution in [2.45, 2.75) is 72.0 Å². The summed E-state index contributed by atoms with van der Waals surface area (Å²) in [6.07, 6.45) is 6.09. The van der Waals surface area contributed by atoms with E-state index in [1.165, 1.54) is 0 Å². The monoisotopic (exact) mass is 416 g/mol. The highest BCUT2D eigenvalue weighted by Gasteiger charge is 2.62. The molecule has 0 aromatic carbocycles. The largest absolute Gasteiger partial charge is 0.458 e. The molecular formula is C25H36O5. The molecule has 2 rings (SSSR count). The second kappa shape index (κ2) is 9.42. The first-order valence-corrected chi connectivity index (χ1v) is 10.9. The van der Waals surface area contributed by atoms with Gasteiger partial charge in [0.25, 0.3) is 0 Å². The van der Waals surface area contributed by atoms with Crippen LogP contribution in [0.5, 0.6) is 0 Å². The number of hydrogen-bond donors (Lipinski definition) is 1. The molecule has 2 aliphatic rings. The number of carbonyl (C=O) groups excluding carboxylic acids is 3. The maximum atomic E-state index is 12.5. The number of rotatable bonds is 9. The van der Waals surface area contributed by atoms with Crippen molar-refractivity contribution in [1.29, 1.82) is 0 Å². The van der Waals surface area contributed by atoms with Gasteiger partial charge in [0.1, 0.15) is 18.7 Å². The van der Waals surface area contributed by atoms with E-state index in [0.29, 0.717) is 32.0 Å². The smallest absolute Gasteiger partial charge is 0.309 e. The summed E-state index contributed by atoms with van der Waals surface area (Å²) in [4.78, 5) is 36.9. The topological polar surface area (TPSA) is 80.7 Å². The van der Waals surface area contributed by atoms with Gasteiger partial charge in [-0.1, -0.05) is 52.5 Å². The standard InChI is InChI=1S/C25H36O5/c1-7-16(3)9-10-24(6)18(5)11-22(28)25(15-27)19(14-26)12-20(13-21(24)25)30-23(29)17(4)8-2/h7,12,14-15,17-18,20-22,28H,1,3,8-11,13H2,2,4-6H3/t17?,18-,20-,21+,22+,24-,25+/m0/s1. The highest BCUT2D eigenvalue weighted by molar-refractivity contribution is 5.86. The van der Waals surface area contributed by atoms with Gasteiger partial charge in [0, 0.05) is 5.57 Å². The van der Waals surface area contributed by atoms with Crippen LogP contribution in [0.3, 0.4) is 0 Å². The van der Waals surface area contributed by atoms with Crippen molar-refractivity contribution in [2.24, 2.45) is 28.6 Å². The Morgan fingerprint density at radius 1 is 1.40 bits per heavy atom. The van der Waals surface area contributed by atoms with E-state index < -0.39 is 17.6 Å². The van der Waals surface area contributed by atoms with Crippen LogP contribution in [0.15, 0.2) is 36.5 Å². The van der Waals surface area contributed by atoms with E-state index in [-0.39, 0.29) is 34.7 Å². The number of esters is 1. The predicted octanol–water partition coefficient (Wildman–Crippen LogP) is 4.20. The second-order valence-corrected chi connectivity index (χ2v) is 9.38. The summed E-state index contributed by atoms with van der Waals surface area (Å²) in [5, 5.41) is 11.0. The van der Waals surface area contributed by atoms with Crippen LogP contribution >= 0.6 is 0 Å². The molecule has 166 valence electrons. The number of aldehydes is 2. The molecule has 0 heterocycles. The molecule has 1 N–H and O–H groups in total. The molecular weight excluding hydrogens is 380 g/mol. The third-order valence-corrected chi connectivity index (χ3v) is 7.84. The Bertz CT molecular complexity index is 738. The quantitative estimate of drug-likeness (QED) is 0.346. The summed E-state index contributed by atoms with van der Waals surface area (Å²) in [5.41, 5.74) is -0.496. The van der Waals surface area contributed by atoms with Gasteiger partial charge in [0.15, 0.2) is 0 Å². The Morgan fingerprint density at radius 3 is 2.60 bits per heavy atom. The van der Waals surface area contributed by atoms with Gasteiger partial charge in [0.2, 0.25) is 0 Å². The fraction of sp³-hybridized carbons (Fsp3) is 0.640. The van der Waals surface area contributed by atoms with Crippen LogP contribution in [0, 0.1) is 28.6 Å². The molecule has 0 aliphatic heterocycles. The normalized spacial score (nSPS) is 36.6. The number of aliphatic hydroxyl groups is 1. The maximum absolute atomic E-state index is 12.5. The van der Waals surface area contributed by atoms with Crippen molar-refractivity contribution < 1.29 is 24.2 Å². The Kier molecular flexibility index (Phi) is 7.62. The molecule has 0 amide bonds. The zero-order valence-electron chi connectivity index (χ0n) is 18.7. The Balaban J connectivity index is 2.51. The first kappa shape index (κ1) is 24.3. The van der Waals surface area contributed by atoms with E-state index in [1.54, 1.807) is 12.2 Å². The second-order valence-electron chi connectivity index (χ2n) is 9.38. The lowest BCUT2D eigenvalue weighted by Gasteiger charge is -2.59. The average Bonchev–Trinajstić information content (AvgIpc) is 2.74. The average molecular weight is 417 g/mol. The molecule has 0 radical (unpaired) electrons. The summed E-state index contributed by atoms with van der Waals surface area (Å²) in [6, 6.07) is 0. The summed E-state index contributed by atoms with van der Waals surface area (Å²) in [6.45, 7) is 15.7. The van der Waals surface area contributed by atoms with Crippen LogP contribution in [0.4, 0.5) is 0 Å². The zero-order chi connectivity index (χ0) is 22.7. The van der Waals surface area contributed by atoms with Crippen LogP contribution in [-0.4, -0.2) is 35.9 Å². The minimum absolute atomic E-state index is 0.111. The van der Waals surface area contributed by atoms with Gasteiger partial charge >= 0.3 is 5.97 Å². The van der Waals surface area contributed by atoms with Crippen LogP contribution in [0.25, 0.3) is 0 Å². The van der Waals surface area contributed by atoms with Crippen LogP contribution in [0.2, 0.25) is 0 Å². The molecule has 30 heavy (non-hydrogen) atoms. The first-order valence-electron chi connectivity index (χ1n) is 10.9. The molecule has 0 bridgehead atoms. The molecule has 1 fully saturated rings. The zero-order valence-corrected chi connectivity index (χ0v) is 18.7. The Labute approximate surface area is 180 Å². The van der Waals surface area contributed by atoms with Crippen molar-refractivity contribution in [3.63, 3.8) is 0 Å². The lowest BCUT2D eigenvalue weighted by Crippen LogP contribution is -2.60. The lowest BCUT2D eigenvalue weighted by molar-refractivity contribution is -0.167. The van der Waals surface area contributed by atoms with Crippen molar-refractivity contribution in [2.75, 3.05) is 0 Å². The Morgan fingerprint density at radius 2 is 2.07 bits per heavy atom. The van der Waals surface area contributed by atoms with Crippen molar-refractivity contribution >= 4 is 18.5 Å². The van der Waals surface area contributed by atoms with E-state index in [9.17, 15) is 19.5 Å². The van der Waals surface area contributed by atoms with E-state index >= 15 is 0 Å². The molecule has 5 nitrogen and oxygen atoms in total. The van der Waals surface area contributed by atoms with Gasteiger partial charge in [-0.15, -0.1) is 0 Å². The molecule has 0 aromatic rings. The number of hydrogen-bond acceptors (Lipinski definition) is 5. The van der Waals surface area contributed by atoms with Gasteiger partial charge in [-0.25, -0.2) is 0 Å². The third kappa shape index (κ3) is 4.09. The van der Waals surface area contributed by atoms with E-state index in [4.69, 9.17) is 4.74 Å². The minimum Gasteiger partial charge on any atom is -0.458 e. The summed E-state index contributed by atoms with van der Waals surface area (Å²) >= 11 is 0. The summed E-state index contributed by atoms with van der Waals surface area (Å²) in [5.74, 6) is -0.776. The molecule has 2 aliphatic carbocycles. The molecule has 7 atom stereocenters. The van der Waals surface area contributed by atoms with E-state index in [0.717, 1.165) is 18.3 Å². The highest BCUT2D eigenvalue weighted by atomic mass is 16.5. The fourth-order valence-corrected chi connectivity index (χ4v) is 5.26. The molecule has 1 unspecified atom stereocenters. The lowest BCUT2D eigenvalue weighted by atomic mass is 9.45.